The van der Waals surface area contributed by atoms with Gasteiger partial charge < -0.3 is 5.32 Å². The second-order valence-electron chi connectivity index (χ2n) is 4.44. The first-order valence-electron chi connectivity index (χ1n) is 5.44. The largest absolute Gasteiger partial charge is 0.306 e. The van der Waals surface area contributed by atoms with E-state index in [1.54, 1.807) is 26.8 Å². The van der Waals surface area contributed by atoms with Crippen molar-refractivity contribution < 1.29 is 9.59 Å². The van der Waals surface area contributed by atoms with Crippen molar-refractivity contribution in [3.05, 3.63) is 12.7 Å². The summed E-state index contributed by atoms with van der Waals surface area (Å²) in [6.45, 7) is 11.3. The Morgan fingerprint density at radius 1 is 1.44 bits per heavy atom. The molecule has 0 rings (SSSR count). The van der Waals surface area contributed by atoms with Gasteiger partial charge in [-0.3, -0.25) is 14.9 Å². The van der Waals surface area contributed by atoms with Gasteiger partial charge >= 0.3 is 0 Å². The van der Waals surface area contributed by atoms with E-state index in [2.05, 4.69) is 17.2 Å². The van der Waals surface area contributed by atoms with Crippen LogP contribution in [0.25, 0.3) is 0 Å². The summed E-state index contributed by atoms with van der Waals surface area (Å²) in [6.07, 6.45) is 1.70. The van der Waals surface area contributed by atoms with Crippen LogP contribution in [0.5, 0.6) is 0 Å². The van der Waals surface area contributed by atoms with Crippen molar-refractivity contribution in [2.75, 3.05) is 13.1 Å². The highest BCUT2D eigenvalue weighted by molar-refractivity contribution is 5.90. The van der Waals surface area contributed by atoms with Gasteiger partial charge in [0.05, 0.1) is 18.1 Å². The molecule has 4 heteroatoms. The van der Waals surface area contributed by atoms with Crippen molar-refractivity contribution in [1.29, 1.82) is 0 Å². The van der Waals surface area contributed by atoms with Gasteiger partial charge in [-0.05, 0) is 27.7 Å². The molecule has 1 atom stereocenters. The topological polar surface area (TPSA) is 58.2 Å². The Hall–Kier alpha value is -1.00. The molecule has 0 aliphatic carbocycles. The fourth-order valence-electron chi connectivity index (χ4n) is 1.23. The van der Waals surface area contributed by atoms with Crippen LogP contribution in [0.3, 0.4) is 0 Å². The predicted octanol–water partition coefficient (Wildman–Crippen LogP) is 0.677. The molecule has 0 fully saturated rings. The second kappa shape index (κ2) is 6.55. The predicted molar refractivity (Wildman–Crippen MR) is 65.4 cm³/mol. The first kappa shape index (κ1) is 15.0. The number of hydrogen-bond acceptors (Lipinski definition) is 4. The van der Waals surface area contributed by atoms with Crippen LogP contribution in [0, 0.1) is 0 Å². The lowest BCUT2D eigenvalue weighted by molar-refractivity contribution is -0.124. The van der Waals surface area contributed by atoms with E-state index in [0.29, 0.717) is 6.54 Å². The van der Waals surface area contributed by atoms with Gasteiger partial charge in [0.2, 0.25) is 0 Å². The van der Waals surface area contributed by atoms with Crippen LogP contribution < -0.4 is 10.6 Å². The highest BCUT2D eigenvalue weighted by atomic mass is 16.1. The van der Waals surface area contributed by atoms with E-state index in [4.69, 9.17) is 0 Å². The molecule has 0 aromatic rings. The Bertz CT molecular complexity index is 272. The lowest BCUT2D eigenvalue weighted by Gasteiger charge is -2.27. The molecule has 0 aromatic heterocycles. The molecule has 4 nitrogen and oxygen atoms in total. The lowest BCUT2D eigenvalue weighted by Crippen LogP contribution is -2.55. The molecule has 0 amide bonds. The van der Waals surface area contributed by atoms with Crippen LogP contribution in [-0.2, 0) is 9.59 Å². The first-order chi connectivity index (χ1) is 7.31. The van der Waals surface area contributed by atoms with Crippen LogP contribution in [0.15, 0.2) is 12.7 Å². The molecule has 0 unspecified atom stereocenters. The SMILES string of the molecule is C=CCNCC(=O)C(C)(C)N[C@@H](C)C(C)=O. The molecule has 0 aliphatic rings. The smallest absolute Gasteiger partial charge is 0.166 e. The fourth-order valence-corrected chi connectivity index (χ4v) is 1.23. The summed E-state index contributed by atoms with van der Waals surface area (Å²) in [7, 11) is 0. The van der Waals surface area contributed by atoms with Gasteiger partial charge in [0.1, 0.15) is 5.78 Å². The summed E-state index contributed by atoms with van der Waals surface area (Å²) in [5.74, 6) is 0.0578. The Morgan fingerprint density at radius 3 is 2.44 bits per heavy atom. The Morgan fingerprint density at radius 2 is 2.00 bits per heavy atom. The van der Waals surface area contributed by atoms with Crippen molar-refractivity contribution in [2.24, 2.45) is 0 Å². The van der Waals surface area contributed by atoms with E-state index in [9.17, 15) is 9.59 Å². The molecule has 0 aromatic carbocycles. The van der Waals surface area contributed by atoms with Gasteiger partial charge in [0.25, 0.3) is 0 Å². The maximum atomic E-state index is 11.8. The maximum absolute atomic E-state index is 11.8. The summed E-state index contributed by atoms with van der Waals surface area (Å²) in [5.41, 5.74) is -0.695. The average molecular weight is 226 g/mol. The van der Waals surface area contributed by atoms with E-state index in [1.807, 2.05) is 0 Å². The Kier molecular flexibility index (Phi) is 6.14. The van der Waals surface area contributed by atoms with E-state index in [1.165, 1.54) is 6.92 Å². The minimum absolute atomic E-state index is 0.0277. The van der Waals surface area contributed by atoms with E-state index in [0.717, 1.165) is 0 Å². The molecule has 16 heavy (non-hydrogen) atoms. The normalized spacial score (nSPS) is 13.2. The van der Waals surface area contributed by atoms with Crippen molar-refractivity contribution in [3.63, 3.8) is 0 Å². The van der Waals surface area contributed by atoms with Crippen molar-refractivity contribution >= 4 is 11.6 Å². The van der Waals surface area contributed by atoms with Crippen LogP contribution in [-0.4, -0.2) is 36.2 Å². The quantitative estimate of drug-likeness (QED) is 0.472. The molecule has 0 bridgehead atoms. The monoisotopic (exact) mass is 226 g/mol. The molecule has 0 saturated carbocycles. The molecule has 0 heterocycles. The molecule has 0 spiro atoms. The minimum atomic E-state index is -0.695. The summed E-state index contributed by atoms with van der Waals surface area (Å²) in [4.78, 5) is 22.9. The number of hydrogen-bond donors (Lipinski definition) is 2. The number of carbonyl (C=O) groups excluding carboxylic acids is 2. The third-order valence-electron chi connectivity index (χ3n) is 2.46. The van der Waals surface area contributed by atoms with Gasteiger partial charge in [-0.2, -0.15) is 0 Å². The minimum Gasteiger partial charge on any atom is -0.306 e. The number of Topliss-reactive ketones (excluding diaryl/α,β-unsaturated/α-hetero) is 2. The standard InChI is InChI=1S/C12H22N2O2/c1-6-7-13-8-11(16)12(4,5)14-9(2)10(3)15/h6,9,13-14H,1,7-8H2,2-5H3/t9-/m0/s1. The van der Waals surface area contributed by atoms with E-state index >= 15 is 0 Å². The molecule has 2 N–H and O–H groups in total. The number of ketones is 2. The van der Waals surface area contributed by atoms with Crippen LogP contribution in [0.1, 0.15) is 27.7 Å². The van der Waals surface area contributed by atoms with E-state index in [-0.39, 0.29) is 24.2 Å². The third kappa shape index (κ3) is 5.19. The molecule has 0 aliphatic heterocycles. The van der Waals surface area contributed by atoms with Crippen LogP contribution in [0.2, 0.25) is 0 Å². The zero-order valence-electron chi connectivity index (χ0n) is 10.6. The van der Waals surface area contributed by atoms with Crippen LogP contribution in [0.4, 0.5) is 0 Å². The number of carbonyl (C=O) groups is 2. The third-order valence-corrected chi connectivity index (χ3v) is 2.46. The van der Waals surface area contributed by atoms with Gasteiger partial charge in [0.15, 0.2) is 5.78 Å². The number of rotatable bonds is 8. The second-order valence-corrected chi connectivity index (χ2v) is 4.44. The summed E-state index contributed by atoms with van der Waals surface area (Å²) < 4.78 is 0. The first-order valence-corrected chi connectivity index (χ1v) is 5.44. The maximum Gasteiger partial charge on any atom is 0.166 e. The van der Waals surface area contributed by atoms with Gasteiger partial charge in [-0.25, -0.2) is 0 Å². The lowest BCUT2D eigenvalue weighted by atomic mass is 9.97. The van der Waals surface area contributed by atoms with Crippen LogP contribution >= 0.6 is 0 Å². The van der Waals surface area contributed by atoms with Gasteiger partial charge in [-0.1, -0.05) is 6.08 Å². The zero-order chi connectivity index (χ0) is 12.8. The zero-order valence-corrected chi connectivity index (χ0v) is 10.6. The molecular weight excluding hydrogens is 204 g/mol. The number of nitrogens with one attached hydrogen (secondary N) is 2. The highest BCUT2D eigenvalue weighted by Crippen LogP contribution is 2.05. The Balaban J connectivity index is 4.24. The fraction of sp³-hybridized carbons (Fsp3) is 0.667. The Labute approximate surface area is 97.5 Å². The molecule has 0 radical (unpaired) electrons. The summed E-state index contributed by atoms with van der Waals surface area (Å²) in [6, 6.07) is -0.307. The van der Waals surface area contributed by atoms with E-state index < -0.39 is 5.54 Å². The molecule has 92 valence electrons. The van der Waals surface area contributed by atoms with Crippen molar-refractivity contribution in [2.45, 2.75) is 39.3 Å². The van der Waals surface area contributed by atoms with Gasteiger partial charge in [-0.15, -0.1) is 6.58 Å². The average Bonchev–Trinajstić information content (AvgIpc) is 2.17. The highest BCUT2D eigenvalue weighted by Gasteiger charge is 2.29. The summed E-state index contributed by atoms with van der Waals surface area (Å²) >= 11 is 0. The van der Waals surface area contributed by atoms with Crippen molar-refractivity contribution in [3.8, 4) is 0 Å². The summed E-state index contributed by atoms with van der Waals surface area (Å²) in [5, 5.41) is 5.97. The molecular formula is C12H22N2O2. The molecule has 0 saturated heterocycles. The van der Waals surface area contributed by atoms with Crippen molar-refractivity contribution in [1.82, 2.24) is 10.6 Å². The van der Waals surface area contributed by atoms with Gasteiger partial charge in [0, 0.05) is 6.54 Å².